The Morgan fingerprint density at radius 2 is 1.71 bits per heavy atom. The van der Waals surface area contributed by atoms with Crippen molar-refractivity contribution in [3.8, 4) is 0 Å². The number of rotatable bonds is 6. The molecule has 182 valence electrons. The maximum atomic E-state index is 13.4. The van der Waals surface area contributed by atoms with Crippen LogP contribution in [0.15, 0.2) is 59.6 Å². The van der Waals surface area contributed by atoms with Gasteiger partial charge in [-0.15, -0.1) is 0 Å². The van der Waals surface area contributed by atoms with Crippen LogP contribution in [0, 0.1) is 5.92 Å². The van der Waals surface area contributed by atoms with Crippen molar-refractivity contribution >= 4 is 26.6 Å². The van der Waals surface area contributed by atoms with E-state index >= 15 is 0 Å². The van der Waals surface area contributed by atoms with Gasteiger partial charge in [-0.2, -0.15) is 13.2 Å². The molecule has 1 saturated heterocycles. The molecule has 2 heterocycles. The molecule has 2 fully saturated rings. The van der Waals surface area contributed by atoms with E-state index < -0.39 is 21.8 Å². The summed E-state index contributed by atoms with van der Waals surface area (Å²) in [7, 11) is -2.07. The molecule has 0 spiro atoms. The summed E-state index contributed by atoms with van der Waals surface area (Å²) in [6.45, 7) is 2.98. The zero-order chi connectivity index (χ0) is 24.1. The average molecular weight is 492 g/mol. The molecule has 0 N–H and O–H groups in total. The zero-order valence-corrected chi connectivity index (χ0v) is 19.8. The number of piperidine rings is 1. The minimum atomic E-state index is -4.62. The maximum absolute atomic E-state index is 13.4. The molecule has 1 aliphatic carbocycles. The van der Waals surface area contributed by atoms with Gasteiger partial charge in [0.2, 0.25) is 0 Å². The molecule has 1 aromatic heterocycles. The number of likely N-dealkylation sites (tertiary alicyclic amines) is 1. The molecular formula is C25H28F3N3O2S. The number of benzene rings is 2. The van der Waals surface area contributed by atoms with Crippen LogP contribution in [0.3, 0.4) is 0 Å². The molecule has 34 heavy (non-hydrogen) atoms. The number of aromatic nitrogens is 1. The van der Waals surface area contributed by atoms with E-state index in [9.17, 15) is 21.6 Å². The van der Waals surface area contributed by atoms with Crippen LogP contribution in [-0.2, 0) is 16.2 Å². The van der Waals surface area contributed by atoms with Gasteiger partial charge in [-0.1, -0.05) is 12.1 Å². The predicted octanol–water partition coefficient (Wildman–Crippen LogP) is 5.21. The molecule has 2 aliphatic rings. The fraction of sp³-hybridized carbons (Fsp3) is 0.440. The van der Waals surface area contributed by atoms with Gasteiger partial charge in [0.05, 0.1) is 16.0 Å². The Hall–Kier alpha value is -2.52. The second-order valence-electron chi connectivity index (χ2n) is 9.48. The monoisotopic (exact) mass is 491 g/mol. The molecule has 0 atom stereocenters. The minimum absolute atomic E-state index is 0.379. The van der Waals surface area contributed by atoms with Gasteiger partial charge in [-0.05, 0) is 88.1 Å². The van der Waals surface area contributed by atoms with Crippen LogP contribution in [0.5, 0.6) is 0 Å². The van der Waals surface area contributed by atoms with Crippen molar-refractivity contribution in [2.75, 3.05) is 31.6 Å². The molecular weight excluding hydrogens is 463 g/mol. The molecule has 0 unspecified atom stereocenters. The van der Waals surface area contributed by atoms with E-state index in [-0.39, 0.29) is 4.90 Å². The lowest BCUT2D eigenvalue weighted by molar-refractivity contribution is -0.137. The predicted molar refractivity (Wildman–Crippen MR) is 127 cm³/mol. The molecule has 0 radical (unpaired) electrons. The molecule has 0 bridgehead atoms. The Bertz CT molecular complexity index is 1290. The lowest BCUT2D eigenvalue weighted by Crippen LogP contribution is -2.44. The van der Waals surface area contributed by atoms with Crippen molar-refractivity contribution in [1.29, 1.82) is 0 Å². The summed E-state index contributed by atoms with van der Waals surface area (Å²) in [5, 5.41) is 0.803. The molecule has 2 aromatic carbocycles. The number of halogens is 3. The van der Waals surface area contributed by atoms with E-state index in [4.69, 9.17) is 0 Å². The Labute approximate surface area is 197 Å². The van der Waals surface area contributed by atoms with Gasteiger partial charge in [-0.3, -0.25) is 0 Å². The third-order valence-corrected chi connectivity index (χ3v) is 8.67. The highest BCUT2D eigenvalue weighted by molar-refractivity contribution is 7.90. The van der Waals surface area contributed by atoms with Gasteiger partial charge in [0.15, 0.2) is 0 Å². The Morgan fingerprint density at radius 1 is 1.00 bits per heavy atom. The SMILES string of the molecule is CN1CCC(N(CC2CC2)c2cccc3c2ccn3S(=O)(=O)c2cccc(C(F)(F)F)c2)CC1. The summed E-state index contributed by atoms with van der Waals surface area (Å²) in [5.41, 5.74) is 0.490. The smallest absolute Gasteiger partial charge is 0.368 e. The van der Waals surface area contributed by atoms with Crippen molar-refractivity contribution in [3.05, 3.63) is 60.3 Å². The van der Waals surface area contributed by atoms with Crippen molar-refractivity contribution in [2.45, 2.75) is 42.8 Å². The second-order valence-corrected chi connectivity index (χ2v) is 11.3. The summed E-state index contributed by atoms with van der Waals surface area (Å²) in [6, 6.07) is 11.6. The Kier molecular flexibility index (Phi) is 5.88. The molecule has 5 nitrogen and oxygen atoms in total. The number of hydrogen-bond acceptors (Lipinski definition) is 4. The fourth-order valence-electron chi connectivity index (χ4n) is 4.86. The number of nitrogens with zero attached hydrogens (tertiary/aromatic N) is 3. The zero-order valence-electron chi connectivity index (χ0n) is 19.0. The lowest BCUT2D eigenvalue weighted by atomic mass is 10.0. The maximum Gasteiger partial charge on any atom is 0.416 e. The van der Waals surface area contributed by atoms with E-state index in [1.807, 2.05) is 12.1 Å². The minimum Gasteiger partial charge on any atom is -0.368 e. The number of alkyl halides is 3. The first kappa shape index (κ1) is 23.2. The molecule has 5 rings (SSSR count). The van der Waals surface area contributed by atoms with E-state index in [0.717, 1.165) is 59.7 Å². The largest absolute Gasteiger partial charge is 0.416 e. The summed E-state index contributed by atoms with van der Waals surface area (Å²) in [5.74, 6) is 0.658. The number of anilines is 1. The normalized spacial score (nSPS) is 18.5. The van der Waals surface area contributed by atoms with Crippen LogP contribution >= 0.6 is 0 Å². The fourth-order valence-corrected chi connectivity index (χ4v) is 6.26. The third kappa shape index (κ3) is 4.43. The number of fused-ring (bicyclic) bond motifs is 1. The van der Waals surface area contributed by atoms with E-state index in [2.05, 4.69) is 16.8 Å². The summed E-state index contributed by atoms with van der Waals surface area (Å²) < 4.78 is 67.4. The van der Waals surface area contributed by atoms with E-state index in [1.54, 1.807) is 12.1 Å². The van der Waals surface area contributed by atoms with Crippen molar-refractivity contribution < 1.29 is 21.6 Å². The molecule has 0 amide bonds. The Morgan fingerprint density at radius 3 is 2.38 bits per heavy atom. The standard InChI is InChI=1S/C25H28F3N3O2S/c1-29-13-10-20(11-14-29)30(17-18-8-9-18)23-6-3-7-24-22(23)12-15-31(24)34(32,33)21-5-2-4-19(16-21)25(26,27)28/h2-7,12,15-16,18,20H,8-11,13-14,17H2,1H3. The highest BCUT2D eigenvalue weighted by atomic mass is 32.2. The summed E-state index contributed by atoms with van der Waals surface area (Å²) >= 11 is 0. The van der Waals surface area contributed by atoms with Crippen LogP contribution in [0.2, 0.25) is 0 Å². The quantitative estimate of drug-likeness (QED) is 0.475. The van der Waals surface area contributed by atoms with Crippen LogP contribution in [-0.4, -0.2) is 50.0 Å². The van der Waals surface area contributed by atoms with Crippen LogP contribution < -0.4 is 4.90 Å². The molecule has 1 saturated carbocycles. The van der Waals surface area contributed by atoms with E-state index in [0.29, 0.717) is 23.5 Å². The first-order valence-corrected chi connectivity index (χ1v) is 13.1. The van der Waals surface area contributed by atoms with Gasteiger partial charge in [0, 0.05) is 29.9 Å². The van der Waals surface area contributed by atoms with Crippen molar-refractivity contribution in [2.24, 2.45) is 5.92 Å². The highest BCUT2D eigenvalue weighted by Crippen LogP contribution is 2.38. The topological polar surface area (TPSA) is 45.5 Å². The molecule has 1 aliphatic heterocycles. The number of hydrogen-bond donors (Lipinski definition) is 0. The van der Waals surface area contributed by atoms with Gasteiger partial charge >= 0.3 is 6.18 Å². The van der Waals surface area contributed by atoms with Gasteiger partial charge in [0.1, 0.15) is 0 Å². The molecule has 3 aromatic rings. The summed E-state index contributed by atoms with van der Waals surface area (Å²) in [4.78, 5) is 4.38. The van der Waals surface area contributed by atoms with E-state index in [1.165, 1.54) is 25.1 Å². The van der Waals surface area contributed by atoms with Gasteiger partial charge in [-0.25, -0.2) is 12.4 Å². The van der Waals surface area contributed by atoms with Crippen LogP contribution in [0.25, 0.3) is 10.9 Å². The van der Waals surface area contributed by atoms with Gasteiger partial charge in [0.25, 0.3) is 10.0 Å². The molecule has 9 heteroatoms. The lowest BCUT2D eigenvalue weighted by Gasteiger charge is -2.39. The first-order chi connectivity index (χ1) is 16.1. The second kappa shape index (κ2) is 8.61. The Balaban J connectivity index is 1.55. The first-order valence-electron chi connectivity index (χ1n) is 11.6. The van der Waals surface area contributed by atoms with Crippen LogP contribution in [0.4, 0.5) is 18.9 Å². The third-order valence-electron chi connectivity index (χ3n) is 6.98. The average Bonchev–Trinajstić information content (AvgIpc) is 3.52. The highest BCUT2D eigenvalue weighted by Gasteiger charge is 2.33. The summed E-state index contributed by atoms with van der Waals surface area (Å²) in [6.07, 6.45) is 1.35. The van der Waals surface area contributed by atoms with Crippen LogP contribution in [0.1, 0.15) is 31.2 Å². The van der Waals surface area contributed by atoms with Crippen molar-refractivity contribution in [1.82, 2.24) is 8.87 Å². The van der Waals surface area contributed by atoms with Crippen molar-refractivity contribution in [3.63, 3.8) is 0 Å². The van der Waals surface area contributed by atoms with Gasteiger partial charge < -0.3 is 9.80 Å².